The molecule has 0 aromatic carbocycles. The lowest BCUT2D eigenvalue weighted by atomic mass is 10.1. The molecule has 0 rings (SSSR count). The summed E-state index contributed by atoms with van der Waals surface area (Å²) >= 11 is 3.26. The molecule has 0 radical (unpaired) electrons. The highest BCUT2D eigenvalue weighted by atomic mass is 79.9. The van der Waals surface area contributed by atoms with Crippen molar-refractivity contribution in [1.82, 2.24) is 0 Å². The van der Waals surface area contributed by atoms with E-state index in [1.54, 1.807) is 0 Å². The minimum Gasteiger partial charge on any atom is -0.396 e. The fourth-order valence-corrected chi connectivity index (χ4v) is 0.930. The van der Waals surface area contributed by atoms with Crippen LogP contribution in [0.2, 0.25) is 0 Å². The first-order valence-corrected chi connectivity index (χ1v) is 4.28. The highest BCUT2D eigenvalue weighted by Crippen LogP contribution is 2.02. The molecule has 0 amide bonds. The molecule has 0 spiro atoms. The third-order valence-electron chi connectivity index (χ3n) is 1.13. The second-order valence-corrected chi connectivity index (χ2v) is 2.79. The second-order valence-electron chi connectivity index (χ2n) is 2.00. The van der Waals surface area contributed by atoms with Gasteiger partial charge in [-0.3, -0.25) is 0 Å². The van der Waals surface area contributed by atoms with Crippen molar-refractivity contribution in [1.29, 1.82) is 0 Å². The smallest absolute Gasteiger partial charge is 0.0562 e. The van der Waals surface area contributed by atoms with Crippen molar-refractivity contribution in [3.05, 3.63) is 0 Å². The summed E-state index contributed by atoms with van der Waals surface area (Å²) in [5.41, 5.74) is 0. The molecule has 0 fully saturated rings. The van der Waals surface area contributed by atoms with E-state index in [9.17, 15) is 0 Å². The summed E-state index contributed by atoms with van der Waals surface area (Å²) in [6, 6.07) is 0. The summed E-state index contributed by atoms with van der Waals surface area (Å²) in [6.07, 6.45) is 1.95. The summed E-state index contributed by atoms with van der Waals surface area (Å²) < 4.78 is 0. The number of rotatable bonds is 5. The minimum atomic E-state index is -0.312. The van der Waals surface area contributed by atoms with Crippen LogP contribution in [0, 0.1) is 0 Å². The molecule has 0 aromatic heterocycles. The second kappa shape index (κ2) is 6.52. The van der Waals surface area contributed by atoms with E-state index < -0.39 is 0 Å². The number of halogens is 1. The Balaban J connectivity index is 2.95. The van der Waals surface area contributed by atoms with Gasteiger partial charge < -0.3 is 10.2 Å². The van der Waals surface area contributed by atoms with Gasteiger partial charge in [-0.2, -0.15) is 0 Å². The van der Waals surface area contributed by atoms with Crippen molar-refractivity contribution in [2.24, 2.45) is 0 Å². The number of hydrogen-bond donors (Lipinski definition) is 2. The van der Waals surface area contributed by atoms with E-state index in [-0.39, 0.29) is 12.7 Å². The third-order valence-corrected chi connectivity index (χ3v) is 1.69. The van der Waals surface area contributed by atoms with Gasteiger partial charge in [0, 0.05) is 11.9 Å². The monoisotopic (exact) mass is 196 g/mol. The predicted molar refractivity (Wildman–Crippen MR) is 40.7 cm³/mol. The van der Waals surface area contributed by atoms with Crippen LogP contribution in [-0.2, 0) is 0 Å². The Morgan fingerprint density at radius 3 is 2.44 bits per heavy atom. The van der Waals surface area contributed by atoms with Crippen molar-refractivity contribution < 1.29 is 10.2 Å². The van der Waals surface area contributed by atoms with Crippen LogP contribution >= 0.6 is 15.9 Å². The highest BCUT2D eigenvalue weighted by molar-refractivity contribution is 9.09. The van der Waals surface area contributed by atoms with Gasteiger partial charge in [0.25, 0.3) is 0 Å². The van der Waals surface area contributed by atoms with Crippen LogP contribution in [0.4, 0.5) is 0 Å². The van der Waals surface area contributed by atoms with Crippen molar-refractivity contribution in [2.45, 2.75) is 25.4 Å². The zero-order valence-electron chi connectivity index (χ0n) is 5.39. The van der Waals surface area contributed by atoms with Crippen LogP contribution in [0.5, 0.6) is 0 Å². The Hall–Kier alpha value is 0.400. The molecule has 2 N–H and O–H groups in total. The molecular formula is C6H13BrO2. The van der Waals surface area contributed by atoms with Crippen molar-refractivity contribution in [2.75, 3.05) is 11.9 Å². The fourth-order valence-electron chi connectivity index (χ4n) is 0.606. The van der Waals surface area contributed by atoms with Gasteiger partial charge >= 0.3 is 0 Å². The van der Waals surface area contributed by atoms with Gasteiger partial charge in [0.15, 0.2) is 0 Å². The van der Waals surface area contributed by atoms with Crippen molar-refractivity contribution in [3.63, 3.8) is 0 Å². The van der Waals surface area contributed by atoms with E-state index in [0.717, 1.165) is 18.2 Å². The molecule has 0 aromatic rings. The van der Waals surface area contributed by atoms with Gasteiger partial charge in [-0.25, -0.2) is 0 Å². The SMILES string of the molecule is OCCC(O)CCCBr. The van der Waals surface area contributed by atoms with E-state index in [1.165, 1.54) is 0 Å². The minimum absolute atomic E-state index is 0.0868. The van der Waals surface area contributed by atoms with E-state index in [1.807, 2.05) is 0 Å². The molecule has 9 heavy (non-hydrogen) atoms. The Kier molecular flexibility index (Phi) is 6.81. The van der Waals surface area contributed by atoms with Gasteiger partial charge in [0.1, 0.15) is 0 Å². The lowest BCUT2D eigenvalue weighted by Gasteiger charge is -2.05. The first kappa shape index (κ1) is 9.40. The number of aliphatic hydroxyl groups is 2. The van der Waals surface area contributed by atoms with E-state index in [4.69, 9.17) is 10.2 Å². The maximum absolute atomic E-state index is 9.00. The van der Waals surface area contributed by atoms with Crippen molar-refractivity contribution in [3.8, 4) is 0 Å². The molecular weight excluding hydrogens is 184 g/mol. The lowest BCUT2D eigenvalue weighted by molar-refractivity contribution is 0.125. The fraction of sp³-hybridized carbons (Fsp3) is 1.00. The molecule has 0 saturated carbocycles. The van der Waals surface area contributed by atoms with Gasteiger partial charge in [-0.15, -0.1) is 0 Å². The molecule has 0 saturated heterocycles. The predicted octanol–water partition coefficient (Wildman–Crippen LogP) is 0.905. The van der Waals surface area contributed by atoms with Gasteiger partial charge in [0.2, 0.25) is 0 Å². The van der Waals surface area contributed by atoms with Crippen LogP contribution in [-0.4, -0.2) is 28.3 Å². The zero-order chi connectivity index (χ0) is 7.11. The van der Waals surface area contributed by atoms with E-state index in [2.05, 4.69) is 15.9 Å². The Morgan fingerprint density at radius 2 is 2.00 bits per heavy atom. The molecule has 0 aliphatic rings. The molecule has 3 heteroatoms. The standard InChI is InChI=1S/C6H13BrO2/c7-4-1-2-6(9)3-5-8/h6,8-9H,1-5H2. The number of hydrogen-bond acceptors (Lipinski definition) is 2. The Morgan fingerprint density at radius 1 is 1.33 bits per heavy atom. The largest absolute Gasteiger partial charge is 0.396 e. The normalized spacial score (nSPS) is 13.7. The van der Waals surface area contributed by atoms with Crippen LogP contribution in [0.25, 0.3) is 0 Å². The molecule has 0 heterocycles. The molecule has 0 aliphatic heterocycles. The van der Waals surface area contributed by atoms with Crippen LogP contribution < -0.4 is 0 Å². The molecule has 1 atom stereocenters. The maximum Gasteiger partial charge on any atom is 0.0562 e. The zero-order valence-corrected chi connectivity index (χ0v) is 6.97. The third kappa shape index (κ3) is 6.28. The van der Waals surface area contributed by atoms with Gasteiger partial charge in [-0.05, 0) is 19.3 Å². The average molecular weight is 197 g/mol. The Bertz CT molecular complexity index is 59.0. The summed E-state index contributed by atoms with van der Waals surface area (Å²) in [5.74, 6) is 0. The topological polar surface area (TPSA) is 40.5 Å². The summed E-state index contributed by atoms with van der Waals surface area (Å²) in [7, 11) is 0. The highest BCUT2D eigenvalue weighted by Gasteiger charge is 2.00. The summed E-state index contributed by atoms with van der Waals surface area (Å²) in [5, 5.41) is 18.3. The number of aliphatic hydroxyl groups excluding tert-OH is 2. The average Bonchev–Trinajstić information content (AvgIpc) is 1.85. The van der Waals surface area contributed by atoms with Crippen LogP contribution in [0.15, 0.2) is 0 Å². The van der Waals surface area contributed by atoms with Crippen LogP contribution in [0.1, 0.15) is 19.3 Å². The van der Waals surface area contributed by atoms with E-state index in [0.29, 0.717) is 6.42 Å². The maximum atomic E-state index is 9.00. The lowest BCUT2D eigenvalue weighted by Crippen LogP contribution is -2.08. The van der Waals surface area contributed by atoms with Gasteiger partial charge in [0.05, 0.1) is 6.10 Å². The molecule has 0 aliphatic carbocycles. The molecule has 56 valence electrons. The number of alkyl halides is 1. The van der Waals surface area contributed by atoms with Crippen molar-refractivity contribution >= 4 is 15.9 Å². The molecule has 0 bridgehead atoms. The summed E-state index contributed by atoms with van der Waals surface area (Å²) in [6.45, 7) is 0.0868. The first-order valence-electron chi connectivity index (χ1n) is 3.16. The first-order chi connectivity index (χ1) is 4.31. The van der Waals surface area contributed by atoms with Crippen LogP contribution in [0.3, 0.4) is 0 Å². The molecule has 2 nitrogen and oxygen atoms in total. The Labute approximate surface area is 64.0 Å². The van der Waals surface area contributed by atoms with E-state index >= 15 is 0 Å². The quantitative estimate of drug-likeness (QED) is 0.643. The summed E-state index contributed by atoms with van der Waals surface area (Å²) in [4.78, 5) is 0. The molecule has 1 unspecified atom stereocenters. The van der Waals surface area contributed by atoms with Gasteiger partial charge in [-0.1, -0.05) is 15.9 Å².